The molecular formula is C13H15NO. The highest BCUT2D eigenvalue weighted by molar-refractivity contribution is 5.95. The number of amides is 1. The Bertz CT molecular complexity index is 367. The molecule has 0 aliphatic heterocycles. The zero-order valence-corrected chi connectivity index (χ0v) is 8.70. The molecule has 0 saturated heterocycles. The van der Waals surface area contributed by atoms with E-state index in [4.69, 9.17) is 0 Å². The largest absolute Gasteiger partial charge is 0.326 e. The van der Waals surface area contributed by atoms with E-state index in [1.807, 2.05) is 30.3 Å². The Morgan fingerprint density at radius 1 is 1.13 bits per heavy atom. The molecule has 0 spiro atoms. The summed E-state index contributed by atoms with van der Waals surface area (Å²) in [7, 11) is 0. The van der Waals surface area contributed by atoms with Gasteiger partial charge >= 0.3 is 0 Å². The van der Waals surface area contributed by atoms with Gasteiger partial charge in [-0.2, -0.15) is 0 Å². The van der Waals surface area contributed by atoms with Gasteiger partial charge in [-0.1, -0.05) is 24.3 Å². The van der Waals surface area contributed by atoms with Gasteiger partial charge in [-0.25, -0.2) is 0 Å². The first-order valence-electron chi connectivity index (χ1n) is 5.42. The van der Waals surface area contributed by atoms with Crippen molar-refractivity contribution in [2.24, 2.45) is 0 Å². The van der Waals surface area contributed by atoms with Gasteiger partial charge in [0.2, 0.25) is 0 Å². The van der Waals surface area contributed by atoms with Crippen LogP contribution in [0.3, 0.4) is 0 Å². The van der Waals surface area contributed by atoms with Crippen LogP contribution < -0.4 is 5.32 Å². The van der Waals surface area contributed by atoms with Gasteiger partial charge in [0.1, 0.15) is 0 Å². The van der Waals surface area contributed by atoms with Crippen LogP contribution in [0.15, 0.2) is 42.1 Å². The van der Waals surface area contributed by atoms with Crippen LogP contribution in [0, 0.1) is 0 Å². The van der Waals surface area contributed by atoms with Crippen molar-refractivity contribution in [3.63, 3.8) is 0 Å². The summed E-state index contributed by atoms with van der Waals surface area (Å²) in [5.41, 5.74) is 1.80. The molecule has 1 aliphatic rings. The summed E-state index contributed by atoms with van der Waals surface area (Å²) in [6.45, 7) is 0. The maximum Gasteiger partial charge on any atom is 0.255 e. The summed E-state index contributed by atoms with van der Waals surface area (Å²) >= 11 is 0. The van der Waals surface area contributed by atoms with Crippen LogP contribution >= 0.6 is 0 Å². The Morgan fingerprint density at radius 2 is 1.93 bits per heavy atom. The van der Waals surface area contributed by atoms with E-state index in [-0.39, 0.29) is 5.91 Å². The predicted octanol–water partition coefficient (Wildman–Crippen LogP) is 2.87. The quantitative estimate of drug-likeness (QED) is 0.783. The van der Waals surface area contributed by atoms with Crippen molar-refractivity contribution >= 4 is 5.91 Å². The lowest BCUT2D eigenvalue weighted by atomic mass is 10.0. The molecule has 0 heterocycles. The molecule has 1 aliphatic carbocycles. The van der Waals surface area contributed by atoms with Gasteiger partial charge in [0.25, 0.3) is 5.91 Å². The van der Waals surface area contributed by atoms with Gasteiger partial charge in [-0.05, 0) is 37.8 Å². The predicted molar refractivity (Wildman–Crippen MR) is 60.5 cm³/mol. The van der Waals surface area contributed by atoms with Crippen LogP contribution in [0.1, 0.15) is 36.0 Å². The molecule has 1 aromatic carbocycles. The minimum absolute atomic E-state index is 0.00347. The first-order valence-corrected chi connectivity index (χ1v) is 5.42. The first kappa shape index (κ1) is 9.97. The van der Waals surface area contributed by atoms with Gasteiger partial charge in [0.05, 0.1) is 0 Å². The van der Waals surface area contributed by atoms with Gasteiger partial charge in [-0.3, -0.25) is 4.79 Å². The Labute approximate surface area is 90.0 Å². The van der Waals surface area contributed by atoms with Gasteiger partial charge in [-0.15, -0.1) is 0 Å². The Balaban J connectivity index is 2.01. The van der Waals surface area contributed by atoms with E-state index in [1.165, 1.54) is 12.8 Å². The van der Waals surface area contributed by atoms with E-state index in [1.54, 1.807) is 0 Å². The number of hydrogen-bond acceptors (Lipinski definition) is 1. The normalized spacial score (nSPS) is 15.6. The summed E-state index contributed by atoms with van der Waals surface area (Å²) in [5, 5.41) is 2.96. The van der Waals surface area contributed by atoms with E-state index < -0.39 is 0 Å². The van der Waals surface area contributed by atoms with Crippen molar-refractivity contribution in [1.82, 2.24) is 5.32 Å². The summed E-state index contributed by atoms with van der Waals surface area (Å²) in [6, 6.07) is 9.34. The minimum Gasteiger partial charge on any atom is -0.326 e. The fourth-order valence-electron chi connectivity index (χ4n) is 1.76. The third kappa shape index (κ3) is 2.69. The number of rotatable bonds is 2. The fourth-order valence-corrected chi connectivity index (χ4v) is 1.76. The fraction of sp³-hybridized carbons (Fsp3) is 0.308. The van der Waals surface area contributed by atoms with Crippen molar-refractivity contribution in [2.75, 3.05) is 0 Å². The number of nitrogens with one attached hydrogen (secondary N) is 1. The minimum atomic E-state index is 0.00347. The second-order valence-electron chi connectivity index (χ2n) is 3.80. The molecule has 1 aromatic rings. The summed E-state index contributed by atoms with van der Waals surface area (Å²) in [6.07, 6.45) is 6.64. The van der Waals surface area contributed by atoms with Crippen molar-refractivity contribution in [2.45, 2.75) is 25.7 Å². The monoisotopic (exact) mass is 201 g/mol. The first-order chi connectivity index (χ1) is 7.36. The van der Waals surface area contributed by atoms with E-state index in [9.17, 15) is 4.79 Å². The third-order valence-electron chi connectivity index (χ3n) is 2.60. The van der Waals surface area contributed by atoms with Gasteiger partial charge in [0, 0.05) is 11.3 Å². The Hall–Kier alpha value is -1.57. The molecule has 0 unspecified atom stereocenters. The molecule has 2 nitrogen and oxygen atoms in total. The molecule has 1 amide bonds. The van der Waals surface area contributed by atoms with Crippen LogP contribution in [-0.4, -0.2) is 5.91 Å². The van der Waals surface area contributed by atoms with Gasteiger partial charge in [0.15, 0.2) is 0 Å². The van der Waals surface area contributed by atoms with Crippen LogP contribution in [0.2, 0.25) is 0 Å². The van der Waals surface area contributed by atoms with E-state index in [0.29, 0.717) is 0 Å². The summed E-state index contributed by atoms with van der Waals surface area (Å²) < 4.78 is 0. The highest BCUT2D eigenvalue weighted by Gasteiger charge is 2.08. The average molecular weight is 201 g/mol. The molecule has 0 saturated carbocycles. The van der Waals surface area contributed by atoms with Crippen molar-refractivity contribution < 1.29 is 4.79 Å². The maximum absolute atomic E-state index is 11.8. The lowest BCUT2D eigenvalue weighted by molar-refractivity contribution is 0.0964. The van der Waals surface area contributed by atoms with Crippen LogP contribution in [-0.2, 0) is 0 Å². The standard InChI is InChI=1S/C13H15NO/c15-13(11-7-3-1-4-8-11)14-12-9-5-2-6-10-12/h1,3-4,7-9H,2,5-6,10H2,(H,14,15). The van der Waals surface area contributed by atoms with Crippen molar-refractivity contribution in [3.05, 3.63) is 47.7 Å². The molecule has 0 bridgehead atoms. The highest BCUT2D eigenvalue weighted by Crippen LogP contribution is 2.15. The summed E-state index contributed by atoms with van der Waals surface area (Å²) in [4.78, 5) is 11.8. The molecule has 0 aromatic heterocycles. The zero-order valence-electron chi connectivity index (χ0n) is 8.70. The smallest absolute Gasteiger partial charge is 0.255 e. The number of benzene rings is 1. The van der Waals surface area contributed by atoms with E-state index in [2.05, 4.69) is 11.4 Å². The average Bonchev–Trinajstić information content (AvgIpc) is 2.31. The second-order valence-corrected chi connectivity index (χ2v) is 3.80. The van der Waals surface area contributed by atoms with Crippen molar-refractivity contribution in [1.29, 1.82) is 0 Å². The molecule has 2 heteroatoms. The van der Waals surface area contributed by atoms with E-state index in [0.717, 1.165) is 24.1 Å². The lowest BCUT2D eigenvalue weighted by Crippen LogP contribution is -2.23. The molecule has 0 atom stereocenters. The molecule has 78 valence electrons. The number of allylic oxidation sites excluding steroid dienone is 2. The number of hydrogen-bond donors (Lipinski definition) is 1. The molecule has 15 heavy (non-hydrogen) atoms. The molecular weight excluding hydrogens is 186 g/mol. The van der Waals surface area contributed by atoms with Crippen LogP contribution in [0.4, 0.5) is 0 Å². The maximum atomic E-state index is 11.8. The van der Waals surface area contributed by atoms with Crippen LogP contribution in [0.25, 0.3) is 0 Å². The van der Waals surface area contributed by atoms with Gasteiger partial charge < -0.3 is 5.32 Å². The third-order valence-corrected chi connectivity index (χ3v) is 2.60. The number of carbonyl (C=O) groups excluding carboxylic acids is 1. The van der Waals surface area contributed by atoms with E-state index >= 15 is 0 Å². The zero-order chi connectivity index (χ0) is 10.5. The molecule has 2 rings (SSSR count). The summed E-state index contributed by atoms with van der Waals surface area (Å²) in [5.74, 6) is 0.00347. The lowest BCUT2D eigenvalue weighted by Gasteiger charge is -2.13. The Kier molecular flexibility index (Phi) is 3.18. The highest BCUT2D eigenvalue weighted by atomic mass is 16.1. The van der Waals surface area contributed by atoms with Crippen LogP contribution in [0.5, 0.6) is 0 Å². The SMILES string of the molecule is O=C(NC1=CCCCC1)c1ccccc1. The number of carbonyl (C=O) groups is 1. The second kappa shape index (κ2) is 4.78. The topological polar surface area (TPSA) is 29.1 Å². The molecule has 1 N–H and O–H groups in total. The molecule has 0 fully saturated rings. The Morgan fingerprint density at radius 3 is 2.60 bits per heavy atom. The molecule has 0 radical (unpaired) electrons. The van der Waals surface area contributed by atoms with Crippen molar-refractivity contribution in [3.8, 4) is 0 Å².